The van der Waals surface area contributed by atoms with Gasteiger partial charge in [-0.3, -0.25) is 9.78 Å². The van der Waals surface area contributed by atoms with Gasteiger partial charge in [0.2, 0.25) is 0 Å². The fourth-order valence-electron chi connectivity index (χ4n) is 1.32. The van der Waals surface area contributed by atoms with E-state index in [9.17, 15) is 4.79 Å². The number of aromatic nitrogens is 1. The van der Waals surface area contributed by atoms with Crippen molar-refractivity contribution in [3.05, 3.63) is 28.5 Å². The molecule has 1 saturated carbocycles. The molecule has 0 unspecified atom stereocenters. The van der Waals surface area contributed by atoms with Gasteiger partial charge in [-0.1, -0.05) is 6.92 Å². The topological polar surface area (TPSA) is 42.0 Å². The molecule has 1 N–H and O–H groups in total. The lowest BCUT2D eigenvalue weighted by Crippen LogP contribution is -2.29. The van der Waals surface area contributed by atoms with E-state index in [4.69, 9.17) is 0 Å². The van der Waals surface area contributed by atoms with Crippen LogP contribution in [0.3, 0.4) is 0 Å². The van der Waals surface area contributed by atoms with Gasteiger partial charge in [0.1, 0.15) is 0 Å². The minimum Gasteiger partial charge on any atom is -0.351 e. The lowest BCUT2D eigenvalue weighted by atomic mass is 10.1. The van der Waals surface area contributed by atoms with E-state index < -0.39 is 0 Å². The molecule has 0 bridgehead atoms. The van der Waals surface area contributed by atoms with E-state index >= 15 is 0 Å². The van der Waals surface area contributed by atoms with Crippen LogP contribution in [0.15, 0.2) is 22.9 Å². The summed E-state index contributed by atoms with van der Waals surface area (Å²) in [4.78, 5) is 15.7. The van der Waals surface area contributed by atoms with E-state index in [1.807, 2.05) is 0 Å². The van der Waals surface area contributed by atoms with Crippen molar-refractivity contribution in [3.8, 4) is 0 Å². The molecule has 1 aliphatic rings. The maximum atomic E-state index is 11.7. The van der Waals surface area contributed by atoms with Crippen molar-refractivity contribution in [3.63, 3.8) is 0 Å². The summed E-state index contributed by atoms with van der Waals surface area (Å²) in [5.41, 5.74) is 0.948. The largest absolute Gasteiger partial charge is 0.351 e. The molecule has 15 heavy (non-hydrogen) atoms. The third-order valence-electron chi connectivity index (χ3n) is 2.75. The smallest absolute Gasteiger partial charge is 0.252 e. The number of carbonyl (C=O) groups excluding carboxylic acids is 1. The molecule has 0 radical (unpaired) electrons. The van der Waals surface area contributed by atoms with Crippen LogP contribution in [0.4, 0.5) is 0 Å². The molecule has 0 aliphatic heterocycles. The van der Waals surface area contributed by atoms with Crippen LogP contribution in [0.2, 0.25) is 0 Å². The molecule has 1 fully saturated rings. The monoisotopic (exact) mass is 268 g/mol. The van der Waals surface area contributed by atoms with Gasteiger partial charge < -0.3 is 5.32 Å². The summed E-state index contributed by atoms with van der Waals surface area (Å²) < 4.78 is 0.827. The molecule has 0 saturated heterocycles. The number of nitrogens with zero attached hydrogens (tertiary/aromatic N) is 1. The van der Waals surface area contributed by atoms with Crippen LogP contribution in [0, 0.1) is 5.41 Å². The van der Waals surface area contributed by atoms with Gasteiger partial charge in [0.15, 0.2) is 0 Å². The number of hydrogen-bond donors (Lipinski definition) is 1. The highest BCUT2D eigenvalue weighted by atomic mass is 79.9. The molecule has 1 heterocycles. The maximum absolute atomic E-state index is 11.7. The first kappa shape index (κ1) is 10.6. The second kappa shape index (κ2) is 3.93. The van der Waals surface area contributed by atoms with Crippen LogP contribution >= 0.6 is 15.9 Å². The summed E-state index contributed by atoms with van der Waals surface area (Å²) in [6, 6.07) is 1.78. The molecule has 80 valence electrons. The third kappa shape index (κ3) is 2.78. The highest BCUT2D eigenvalue weighted by Crippen LogP contribution is 2.44. The first-order valence-corrected chi connectivity index (χ1v) is 5.77. The molecular weight excluding hydrogens is 256 g/mol. The fourth-order valence-corrected chi connectivity index (χ4v) is 1.69. The van der Waals surface area contributed by atoms with E-state index in [2.05, 4.69) is 33.2 Å². The Morgan fingerprint density at radius 2 is 2.33 bits per heavy atom. The molecule has 1 aromatic heterocycles. The molecule has 1 aromatic rings. The highest BCUT2D eigenvalue weighted by molar-refractivity contribution is 9.10. The van der Waals surface area contributed by atoms with Crippen molar-refractivity contribution < 1.29 is 4.79 Å². The second-order valence-electron chi connectivity index (χ2n) is 4.39. The van der Waals surface area contributed by atoms with Crippen molar-refractivity contribution in [2.24, 2.45) is 5.41 Å². The van der Waals surface area contributed by atoms with Crippen LogP contribution in [0.5, 0.6) is 0 Å². The van der Waals surface area contributed by atoms with Crippen molar-refractivity contribution in [2.45, 2.75) is 19.8 Å². The average Bonchev–Trinajstić information content (AvgIpc) is 2.94. The van der Waals surface area contributed by atoms with E-state index in [-0.39, 0.29) is 5.91 Å². The summed E-state index contributed by atoms with van der Waals surface area (Å²) in [7, 11) is 0. The number of halogens is 1. The lowest BCUT2D eigenvalue weighted by Gasteiger charge is -2.09. The summed E-state index contributed by atoms with van der Waals surface area (Å²) in [5.74, 6) is -0.0445. The number of hydrogen-bond acceptors (Lipinski definition) is 2. The van der Waals surface area contributed by atoms with Gasteiger partial charge in [0.25, 0.3) is 5.91 Å². The van der Waals surface area contributed by atoms with Crippen molar-refractivity contribution in [1.29, 1.82) is 0 Å². The van der Waals surface area contributed by atoms with Crippen molar-refractivity contribution in [2.75, 3.05) is 6.54 Å². The number of nitrogens with one attached hydrogen (secondary N) is 1. The van der Waals surface area contributed by atoms with E-state index in [0.29, 0.717) is 11.0 Å². The molecular formula is C11H13BrN2O. The first-order valence-electron chi connectivity index (χ1n) is 4.98. The van der Waals surface area contributed by atoms with Crippen LogP contribution < -0.4 is 5.32 Å². The van der Waals surface area contributed by atoms with Crippen molar-refractivity contribution in [1.82, 2.24) is 10.3 Å². The summed E-state index contributed by atoms with van der Waals surface area (Å²) in [6.45, 7) is 2.95. The molecule has 2 rings (SSSR count). The molecule has 1 aliphatic carbocycles. The van der Waals surface area contributed by atoms with E-state index in [0.717, 1.165) is 11.0 Å². The predicted molar refractivity (Wildman–Crippen MR) is 61.6 cm³/mol. The van der Waals surface area contributed by atoms with Gasteiger partial charge in [-0.25, -0.2) is 0 Å². The van der Waals surface area contributed by atoms with Gasteiger partial charge in [-0.2, -0.15) is 0 Å². The van der Waals surface area contributed by atoms with E-state index in [1.54, 1.807) is 18.5 Å². The lowest BCUT2D eigenvalue weighted by molar-refractivity contribution is 0.0945. The Hall–Kier alpha value is -0.900. The number of carbonyl (C=O) groups is 1. The summed E-state index contributed by atoms with van der Waals surface area (Å²) >= 11 is 3.29. The molecule has 0 atom stereocenters. The quantitative estimate of drug-likeness (QED) is 0.915. The third-order valence-corrected chi connectivity index (χ3v) is 3.18. The normalized spacial score (nSPS) is 17.2. The molecule has 0 spiro atoms. The Labute approximate surface area is 97.4 Å². The van der Waals surface area contributed by atoms with Gasteiger partial charge in [-0.15, -0.1) is 0 Å². The van der Waals surface area contributed by atoms with Crippen molar-refractivity contribution >= 4 is 21.8 Å². The predicted octanol–water partition coefficient (Wildman–Crippen LogP) is 2.37. The van der Waals surface area contributed by atoms with Gasteiger partial charge in [0.05, 0.1) is 5.56 Å². The van der Waals surface area contributed by atoms with Crippen LogP contribution in [0.25, 0.3) is 0 Å². The average molecular weight is 269 g/mol. The Bertz CT molecular complexity index is 388. The van der Waals surface area contributed by atoms with Gasteiger partial charge in [0, 0.05) is 23.4 Å². The van der Waals surface area contributed by atoms with Crippen LogP contribution in [-0.2, 0) is 0 Å². The summed E-state index contributed by atoms with van der Waals surface area (Å²) in [6.07, 6.45) is 5.67. The first-order chi connectivity index (χ1) is 7.09. The number of amides is 1. The zero-order valence-corrected chi connectivity index (χ0v) is 10.2. The van der Waals surface area contributed by atoms with Gasteiger partial charge >= 0.3 is 0 Å². The van der Waals surface area contributed by atoms with Gasteiger partial charge in [-0.05, 0) is 40.3 Å². The fraction of sp³-hybridized carbons (Fsp3) is 0.455. The highest BCUT2D eigenvalue weighted by Gasteiger charge is 2.37. The molecule has 1 amide bonds. The SMILES string of the molecule is CC1(CNC(=O)c2cncc(Br)c2)CC1. The summed E-state index contributed by atoms with van der Waals surface area (Å²) in [5, 5.41) is 2.93. The minimum atomic E-state index is -0.0445. The standard InChI is InChI=1S/C11H13BrN2O/c1-11(2-3-11)7-14-10(15)8-4-9(12)6-13-5-8/h4-6H,2-3,7H2,1H3,(H,14,15). The zero-order chi connectivity index (χ0) is 10.9. The number of pyridine rings is 1. The molecule has 0 aromatic carbocycles. The zero-order valence-electron chi connectivity index (χ0n) is 8.59. The van der Waals surface area contributed by atoms with Crippen LogP contribution in [0.1, 0.15) is 30.1 Å². The molecule has 3 nitrogen and oxygen atoms in total. The Kier molecular flexibility index (Phi) is 2.78. The minimum absolute atomic E-state index is 0.0445. The maximum Gasteiger partial charge on any atom is 0.252 e. The Morgan fingerprint density at radius 3 is 2.93 bits per heavy atom. The van der Waals surface area contributed by atoms with Crippen LogP contribution in [-0.4, -0.2) is 17.4 Å². The number of rotatable bonds is 3. The Balaban J connectivity index is 1.95. The Morgan fingerprint density at radius 1 is 1.60 bits per heavy atom. The molecule has 4 heteroatoms. The second-order valence-corrected chi connectivity index (χ2v) is 5.30. The van der Waals surface area contributed by atoms with E-state index in [1.165, 1.54) is 12.8 Å².